The number of hydrogen-bond acceptors (Lipinski definition) is 4. The van der Waals surface area contributed by atoms with Crippen LogP contribution < -0.4 is 10.6 Å². The Kier molecular flexibility index (Phi) is 8.46. The monoisotopic (exact) mass is 418 g/mol. The summed E-state index contributed by atoms with van der Waals surface area (Å²) in [6.07, 6.45) is 0.624. The third kappa shape index (κ3) is 6.65. The van der Waals surface area contributed by atoms with Gasteiger partial charge in [0.15, 0.2) is 6.61 Å². The molecule has 0 saturated carbocycles. The molecular formula is C22H24F2N2O4. The Balaban J connectivity index is 1.86. The Morgan fingerprint density at radius 3 is 2.20 bits per heavy atom. The van der Waals surface area contributed by atoms with E-state index >= 15 is 0 Å². The Bertz CT molecular complexity index is 868. The Morgan fingerprint density at radius 1 is 0.967 bits per heavy atom. The lowest BCUT2D eigenvalue weighted by atomic mass is 10.0. The van der Waals surface area contributed by atoms with Crippen LogP contribution in [0.2, 0.25) is 0 Å². The van der Waals surface area contributed by atoms with Crippen molar-refractivity contribution in [2.45, 2.75) is 26.3 Å². The van der Waals surface area contributed by atoms with Gasteiger partial charge in [0.25, 0.3) is 11.8 Å². The van der Waals surface area contributed by atoms with Gasteiger partial charge in [-0.25, -0.2) is 13.6 Å². The van der Waals surface area contributed by atoms with Crippen LogP contribution in [-0.2, 0) is 20.7 Å². The summed E-state index contributed by atoms with van der Waals surface area (Å²) in [7, 11) is 0. The number of carbonyl (C=O) groups is 3. The van der Waals surface area contributed by atoms with E-state index in [2.05, 4.69) is 10.6 Å². The van der Waals surface area contributed by atoms with Crippen LogP contribution in [0.4, 0.5) is 8.78 Å². The van der Waals surface area contributed by atoms with Gasteiger partial charge in [-0.05, 0) is 30.0 Å². The van der Waals surface area contributed by atoms with E-state index in [0.29, 0.717) is 13.0 Å². The highest BCUT2D eigenvalue weighted by molar-refractivity contribution is 5.97. The van der Waals surface area contributed by atoms with Crippen molar-refractivity contribution in [1.29, 1.82) is 0 Å². The highest BCUT2D eigenvalue weighted by Crippen LogP contribution is 2.13. The Hall–Kier alpha value is -3.29. The molecule has 0 saturated heterocycles. The zero-order valence-electron chi connectivity index (χ0n) is 16.8. The van der Waals surface area contributed by atoms with E-state index < -0.39 is 53.5 Å². The molecule has 0 aliphatic carbocycles. The largest absolute Gasteiger partial charge is 0.454 e. The number of rotatable bonds is 9. The van der Waals surface area contributed by atoms with Crippen LogP contribution in [0.1, 0.15) is 29.8 Å². The minimum atomic E-state index is -1.17. The van der Waals surface area contributed by atoms with Crippen LogP contribution in [0.15, 0.2) is 48.5 Å². The number of halogens is 2. The molecule has 0 aliphatic heterocycles. The van der Waals surface area contributed by atoms with E-state index in [1.54, 1.807) is 13.8 Å². The molecule has 160 valence electrons. The average molecular weight is 418 g/mol. The summed E-state index contributed by atoms with van der Waals surface area (Å²) in [4.78, 5) is 36.4. The molecule has 6 nitrogen and oxygen atoms in total. The fourth-order valence-corrected chi connectivity index (χ4v) is 2.69. The van der Waals surface area contributed by atoms with Gasteiger partial charge >= 0.3 is 5.97 Å². The molecule has 30 heavy (non-hydrogen) atoms. The van der Waals surface area contributed by atoms with Gasteiger partial charge in [-0.1, -0.05) is 50.2 Å². The van der Waals surface area contributed by atoms with Crippen LogP contribution in [0.3, 0.4) is 0 Å². The molecule has 0 heterocycles. The predicted octanol–water partition coefficient (Wildman–Crippen LogP) is 2.62. The summed E-state index contributed by atoms with van der Waals surface area (Å²) in [5, 5.41) is 4.91. The second-order valence-electron chi connectivity index (χ2n) is 6.99. The molecule has 0 unspecified atom stereocenters. The van der Waals surface area contributed by atoms with Gasteiger partial charge in [0.05, 0.1) is 0 Å². The van der Waals surface area contributed by atoms with Crippen LogP contribution in [0, 0.1) is 17.6 Å². The summed E-state index contributed by atoms with van der Waals surface area (Å²) >= 11 is 0. The highest BCUT2D eigenvalue weighted by atomic mass is 19.1. The van der Waals surface area contributed by atoms with Gasteiger partial charge in [-0.2, -0.15) is 0 Å². The smallest absolute Gasteiger partial charge is 0.329 e. The van der Waals surface area contributed by atoms with Crippen LogP contribution in [-0.4, -0.2) is 37.0 Å². The zero-order chi connectivity index (χ0) is 22.1. The minimum absolute atomic E-state index is 0.372. The first-order valence-electron chi connectivity index (χ1n) is 9.51. The standard InChI is InChI=1S/C22H24F2N2O4/c1-14(2)20(26-21(28)19-16(23)9-6-10-17(19)24)22(29)30-13-18(27)25-12-11-15-7-4-3-5-8-15/h3-10,14,20H,11-13H2,1-2H3,(H,25,27)(H,26,28)/t20-/m0/s1. The SMILES string of the molecule is CC(C)[C@H](NC(=O)c1c(F)cccc1F)C(=O)OCC(=O)NCCc1ccccc1. The van der Waals surface area contributed by atoms with Crippen molar-refractivity contribution >= 4 is 17.8 Å². The van der Waals surface area contributed by atoms with Crippen LogP contribution in [0.25, 0.3) is 0 Å². The van der Waals surface area contributed by atoms with Crippen molar-refractivity contribution < 1.29 is 27.9 Å². The Morgan fingerprint density at radius 2 is 1.60 bits per heavy atom. The first kappa shape index (κ1) is 23.0. The van der Waals surface area contributed by atoms with Gasteiger partial charge in [0.1, 0.15) is 23.2 Å². The van der Waals surface area contributed by atoms with Crippen molar-refractivity contribution in [1.82, 2.24) is 10.6 Å². The molecule has 2 amide bonds. The summed E-state index contributed by atoms with van der Waals surface area (Å²) in [5.74, 6) is -4.95. The van der Waals surface area contributed by atoms with Gasteiger partial charge in [0.2, 0.25) is 0 Å². The normalized spacial score (nSPS) is 11.6. The molecular weight excluding hydrogens is 394 g/mol. The second kappa shape index (κ2) is 11.0. The van der Waals surface area contributed by atoms with Crippen LogP contribution >= 0.6 is 0 Å². The minimum Gasteiger partial charge on any atom is -0.454 e. The molecule has 0 fully saturated rings. The number of ether oxygens (including phenoxy) is 1. The molecule has 2 N–H and O–H groups in total. The number of amides is 2. The molecule has 0 aromatic heterocycles. The molecule has 2 aromatic rings. The second-order valence-corrected chi connectivity index (χ2v) is 6.99. The fourth-order valence-electron chi connectivity index (χ4n) is 2.69. The van der Waals surface area contributed by atoms with E-state index in [9.17, 15) is 23.2 Å². The third-order valence-electron chi connectivity index (χ3n) is 4.32. The average Bonchev–Trinajstić information content (AvgIpc) is 2.70. The zero-order valence-corrected chi connectivity index (χ0v) is 16.8. The van der Waals surface area contributed by atoms with Crippen molar-refractivity contribution in [3.8, 4) is 0 Å². The summed E-state index contributed by atoms with van der Waals surface area (Å²) in [6.45, 7) is 3.10. The van der Waals surface area contributed by atoms with Gasteiger partial charge in [-0.15, -0.1) is 0 Å². The van der Waals surface area contributed by atoms with Gasteiger partial charge in [0, 0.05) is 6.54 Å². The van der Waals surface area contributed by atoms with E-state index in [-0.39, 0.29) is 0 Å². The number of hydrogen-bond donors (Lipinski definition) is 2. The summed E-state index contributed by atoms with van der Waals surface area (Å²) < 4.78 is 32.5. The highest BCUT2D eigenvalue weighted by Gasteiger charge is 2.28. The maximum absolute atomic E-state index is 13.8. The summed E-state index contributed by atoms with van der Waals surface area (Å²) in [5.41, 5.74) is 0.271. The van der Waals surface area contributed by atoms with Crippen molar-refractivity contribution in [3.63, 3.8) is 0 Å². The van der Waals surface area contributed by atoms with E-state index in [4.69, 9.17) is 4.74 Å². The van der Waals surface area contributed by atoms with Crippen molar-refractivity contribution in [2.24, 2.45) is 5.92 Å². The lowest BCUT2D eigenvalue weighted by Gasteiger charge is -2.21. The molecule has 1 atom stereocenters. The maximum atomic E-state index is 13.8. The first-order valence-corrected chi connectivity index (χ1v) is 9.51. The topological polar surface area (TPSA) is 84.5 Å². The number of benzene rings is 2. The van der Waals surface area contributed by atoms with Gasteiger partial charge in [-0.3, -0.25) is 9.59 Å². The predicted molar refractivity (Wildman–Crippen MR) is 107 cm³/mol. The number of esters is 1. The molecule has 8 heteroatoms. The van der Waals surface area contributed by atoms with Gasteiger partial charge < -0.3 is 15.4 Å². The molecule has 2 aromatic carbocycles. The lowest BCUT2D eigenvalue weighted by molar-refractivity contribution is -0.151. The molecule has 0 radical (unpaired) electrons. The summed E-state index contributed by atoms with van der Waals surface area (Å²) in [6, 6.07) is 11.4. The van der Waals surface area contributed by atoms with E-state index in [1.165, 1.54) is 0 Å². The Labute approximate surface area is 173 Å². The van der Waals surface area contributed by atoms with Crippen molar-refractivity contribution in [2.75, 3.05) is 13.2 Å². The lowest BCUT2D eigenvalue weighted by Crippen LogP contribution is -2.46. The third-order valence-corrected chi connectivity index (χ3v) is 4.32. The molecule has 0 bridgehead atoms. The van der Waals surface area contributed by atoms with E-state index in [1.807, 2.05) is 30.3 Å². The first-order chi connectivity index (χ1) is 14.3. The van der Waals surface area contributed by atoms with Crippen molar-refractivity contribution in [3.05, 3.63) is 71.3 Å². The number of nitrogens with one attached hydrogen (secondary N) is 2. The molecule has 0 aliphatic rings. The fraction of sp³-hybridized carbons (Fsp3) is 0.318. The quantitative estimate of drug-likeness (QED) is 0.613. The molecule has 2 rings (SSSR count). The molecule has 0 spiro atoms. The van der Waals surface area contributed by atoms with Crippen LogP contribution in [0.5, 0.6) is 0 Å². The number of carbonyl (C=O) groups excluding carboxylic acids is 3. The maximum Gasteiger partial charge on any atom is 0.329 e. The van der Waals surface area contributed by atoms with E-state index in [0.717, 1.165) is 23.8 Å².